The maximum Gasteiger partial charge on any atom is 0.0474 e. The van der Waals surface area contributed by atoms with Crippen molar-refractivity contribution in [1.29, 1.82) is 0 Å². The SMILES string of the molecule is CC(N)c1ccc(N2CC=C(C(C)(C)C)CC2)cc1Cl. The first kappa shape index (κ1) is 15.4. The predicted octanol–water partition coefficient (Wildman–Crippen LogP) is 4.54. The summed E-state index contributed by atoms with van der Waals surface area (Å²) < 4.78 is 0. The summed E-state index contributed by atoms with van der Waals surface area (Å²) in [6, 6.07) is 6.19. The molecule has 3 heteroatoms. The zero-order chi connectivity index (χ0) is 14.9. The van der Waals surface area contributed by atoms with Gasteiger partial charge in [0.15, 0.2) is 0 Å². The summed E-state index contributed by atoms with van der Waals surface area (Å²) in [5.74, 6) is 0. The molecule has 0 radical (unpaired) electrons. The van der Waals surface area contributed by atoms with Crippen LogP contribution in [0.25, 0.3) is 0 Å². The van der Waals surface area contributed by atoms with E-state index in [4.69, 9.17) is 17.3 Å². The molecule has 2 N–H and O–H groups in total. The number of nitrogens with zero attached hydrogens (tertiary/aromatic N) is 1. The summed E-state index contributed by atoms with van der Waals surface area (Å²) in [5, 5.41) is 0.767. The average Bonchev–Trinajstić information content (AvgIpc) is 2.37. The number of halogens is 1. The van der Waals surface area contributed by atoms with Gasteiger partial charge in [0, 0.05) is 29.8 Å². The Labute approximate surface area is 127 Å². The summed E-state index contributed by atoms with van der Waals surface area (Å²) in [7, 11) is 0. The fourth-order valence-corrected chi connectivity index (χ4v) is 3.01. The second-order valence-electron chi connectivity index (χ2n) is 6.67. The third-order valence-electron chi connectivity index (χ3n) is 4.01. The van der Waals surface area contributed by atoms with Gasteiger partial charge in [0.1, 0.15) is 0 Å². The summed E-state index contributed by atoms with van der Waals surface area (Å²) in [5.41, 5.74) is 9.93. The van der Waals surface area contributed by atoms with Gasteiger partial charge in [0.05, 0.1) is 0 Å². The fraction of sp³-hybridized carbons (Fsp3) is 0.529. The molecule has 0 bridgehead atoms. The first-order chi connectivity index (χ1) is 9.29. The molecule has 20 heavy (non-hydrogen) atoms. The Bertz CT molecular complexity index is 512. The van der Waals surface area contributed by atoms with E-state index < -0.39 is 0 Å². The maximum atomic E-state index is 6.32. The van der Waals surface area contributed by atoms with Crippen LogP contribution in [-0.4, -0.2) is 13.1 Å². The highest BCUT2D eigenvalue weighted by Gasteiger charge is 2.21. The summed E-state index contributed by atoms with van der Waals surface area (Å²) in [6.45, 7) is 10.8. The minimum atomic E-state index is -0.0229. The van der Waals surface area contributed by atoms with Crippen molar-refractivity contribution >= 4 is 17.3 Å². The van der Waals surface area contributed by atoms with Gasteiger partial charge in [-0.3, -0.25) is 0 Å². The zero-order valence-electron chi connectivity index (χ0n) is 12.9. The van der Waals surface area contributed by atoms with E-state index in [1.165, 1.54) is 5.69 Å². The smallest absolute Gasteiger partial charge is 0.0474 e. The number of hydrogen-bond acceptors (Lipinski definition) is 2. The van der Waals surface area contributed by atoms with Crippen molar-refractivity contribution in [3.8, 4) is 0 Å². The highest BCUT2D eigenvalue weighted by molar-refractivity contribution is 6.31. The molecule has 1 aromatic rings. The molecule has 0 saturated heterocycles. The van der Waals surface area contributed by atoms with E-state index >= 15 is 0 Å². The van der Waals surface area contributed by atoms with Crippen molar-refractivity contribution in [3.05, 3.63) is 40.4 Å². The lowest BCUT2D eigenvalue weighted by Crippen LogP contribution is -2.31. The van der Waals surface area contributed by atoms with E-state index in [0.717, 1.165) is 30.1 Å². The minimum absolute atomic E-state index is 0.0229. The van der Waals surface area contributed by atoms with E-state index in [1.807, 2.05) is 19.1 Å². The Morgan fingerprint density at radius 1 is 1.30 bits per heavy atom. The van der Waals surface area contributed by atoms with Crippen LogP contribution >= 0.6 is 11.6 Å². The van der Waals surface area contributed by atoms with E-state index in [9.17, 15) is 0 Å². The van der Waals surface area contributed by atoms with Gasteiger partial charge >= 0.3 is 0 Å². The molecule has 0 aliphatic carbocycles. The Morgan fingerprint density at radius 2 is 2.00 bits per heavy atom. The van der Waals surface area contributed by atoms with Gasteiger partial charge in [0.25, 0.3) is 0 Å². The van der Waals surface area contributed by atoms with Gasteiger partial charge in [-0.1, -0.05) is 50.1 Å². The van der Waals surface area contributed by atoms with Crippen LogP contribution < -0.4 is 10.6 Å². The van der Waals surface area contributed by atoms with Crippen LogP contribution in [-0.2, 0) is 0 Å². The van der Waals surface area contributed by atoms with Gasteiger partial charge in [0.2, 0.25) is 0 Å². The molecule has 1 heterocycles. The number of benzene rings is 1. The molecule has 1 aliphatic heterocycles. The Morgan fingerprint density at radius 3 is 2.45 bits per heavy atom. The lowest BCUT2D eigenvalue weighted by Gasteiger charge is -2.33. The molecule has 1 unspecified atom stereocenters. The van der Waals surface area contributed by atoms with E-state index in [0.29, 0.717) is 0 Å². The number of nitrogens with two attached hydrogens (primary N) is 1. The second-order valence-corrected chi connectivity index (χ2v) is 7.08. The van der Waals surface area contributed by atoms with Gasteiger partial charge in [-0.25, -0.2) is 0 Å². The van der Waals surface area contributed by atoms with Crippen LogP contribution in [0.3, 0.4) is 0 Å². The second kappa shape index (κ2) is 5.79. The predicted molar refractivity (Wildman–Crippen MR) is 88.4 cm³/mol. The van der Waals surface area contributed by atoms with Crippen LogP contribution in [0.15, 0.2) is 29.8 Å². The number of rotatable bonds is 2. The van der Waals surface area contributed by atoms with Gasteiger partial charge in [-0.05, 0) is 36.5 Å². The Kier molecular flexibility index (Phi) is 4.46. The number of hydrogen-bond donors (Lipinski definition) is 1. The van der Waals surface area contributed by atoms with E-state index in [1.54, 1.807) is 5.57 Å². The molecule has 110 valence electrons. The van der Waals surface area contributed by atoms with Gasteiger partial charge in [-0.15, -0.1) is 0 Å². The van der Waals surface area contributed by atoms with Crippen molar-refractivity contribution < 1.29 is 0 Å². The van der Waals surface area contributed by atoms with Crippen LogP contribution in [0.5, 0.6) is 0 Å². The molecule has 0 amide bonds. The van der Waals surface area contributed by atoms with Crippen molar-refractivity contribution in [3.63, 3.8) is 0 Å². The third-order valence-corrected chi connectivity index (χ3v) is 4.34. The fourth-order valence-electron chi connectivity index (χ4n) is 2.67. The maximum absolute atomic E-state index is 6.32. The Balaban J connectivity index is 2.15. The molecular weight excluding hydrogens is 268 g/mol. The Hall–Kier alpha value is -0.990. The third kappa shape index (κ3) is 3.36. The van der Waals surface area contributed by atoms with E-state index in [2.05, 4.69) is 37.8 Å². The van der Waals surface area contributed by atoms with E-state index in [-0.39, 0.29) is 11.5 Å². The lowest BCUT2D eigenvalue weighted by atomic mass is 9.83. The average molecular weight is 293 g/mol. The van der Waals surface area contributed by atoms with Gasteiger partial charge in [-0.2, -0.15) is 0 Å². The van der Waals surface area contributed by atoms with Crippen molar-refractivity contribution in [2.45, 2.75) is 40.2 Å². The summed E-state index contributed by atoms with van der Waals surface area (Å²) >= 11 is 6.32. The van der Waals surface area contributed by atoms with Crippen LogP contribution in [0, 0.1) is 5.41 Å². The first-order valence-electron chi connectivity index (χ1n) is 7.28. The van der Waals surface area contributed by atoms with Crippen molar-refractivity contribution in [2.24, 2.45) is 11.1 Å². The zero-order valence-corrected chi connectivity index (χ0v) is 13.7. The first-order valence-corrected chi connectivity index (χ1v) is 7.66. The molecule has 1 atom stereocenters. The van der Waals surface area contributed by atoms with Crippen molar-refractivity contribution in [1.82, 2.24) is 0 Å². The van der Waals surface area contributed by atoms with Crippen LogP contribution in [0.2, 0.25) is 5.02 Å². The van der Waals surface area contributed by atoms with Crippen LogP contribution in [0.4, 0.5) is 5.69 Å². The van der Waals surface area contributed by atoms with Crippen molar-refractivity contribution in [2.75, 3.05) is 18.0 Å². The molecule has 1 aliphatic rings. The topological polar surface area (TPSA) is 29.3 Å². The largest absolute Gasteiger partial charge is 0.367 e. The van der Waals surface area contributed by atoms with Crippen LogP contribution in [0.1, 0.15) is 45.7 Å². The number of anilines is 1. The standard InChI is InChI=1S/C17H25ClN2/c1-12(19)15-6-5-14(11-16(15)18)20-9-7-13(8-10-20)17(2,3)4/h5-7,11-12H,8-10,19H2,1-4H3. The highest BCUT2D eigenvalue weighted by Crippen LogP contribution is 2.33. The molecule has 1 aromatic carbocycles. The summed E-state index contributed by atoms with van der Waals surface area (Å²) in [6.07, 6.45) is 3.48. The molecule has 2 rings (SSSR count). The summed E-state index contributed by atoms with van der Waals surface area (Å²) in [4.78, 5) is 2.37. The molecule has 0 fully saturated rings. The lowest BCUT2D eigenvalue weighted by molar-refractivity contribution is 0.472. The molecule has 0 aromatic heterocycles. The highest BCUT2D eigenvalue weighted by atomic mass is 35.5. The quantitative estimate of drug-likeness (QED) is 0.811. The monoisotopic (exact) mass is 292 g/mol. The molecule has 0 saturated carbocycles. The molecule has 0 spiro atoms. The molecule has 2 nitrogen and oxygen atoms in total. The normalized spacial score (nSPS) is 17.9. The molecular formula is C17H25ClN2. The van der Waals surface area contributed by atoms with Gasteiger partial charge < -0.3 is 10.6 Å². The minimum Gasteiger partial charge on any atom is -0.367 e.